The second kappa shape index (κ2) is 8.67. The van der Waals surface area contributed by atoms with Crippen LogP contribution in [0.4, 0.5) is 5.13 Å². The second-order valence-corrected chi connectivity index (χ2v) is 5.62. The zero-order chi connectivity index (χ0) is 17.4. The van der Waals surface area contributed by atoms with E-state index in [0.29, 0.717) is 22.2 Å². The number of likely N-dealkylation sites (N-methyl/N-ethyl adjacent to an activating group) is 1. The van der Waals surface area contributed by atoms with Crippen LogP contribution in [-0.4, -0.2) is 52.2 Å². The Morgan fingerprint density at radius 3 is 2.48 bits per heavy atom. The van der Waals surface area contributed by atoms with Gasteiger partial charge in [-0.25, -0.2) is 14.6 Å². The maximum Gasteiger partial charge on any atom is 0.328 e. The van der Waals surface area contributed by atoms with E-state index >= 15 is 0 Å². The van der Waals surface area contributed by atoms with E-state index in [0.717, 1.165) is 30.8 Å². The molecule has 1 aliphatic heterocycles. The molecule has 9 heteroatoms. The number of carboxylic acids is 2. The molecule has 2 rings (SSSR count). The van der Waals surface area contributed by atoms with Crippen molar-refractivity contribution in [1.82, 2.24) is 9.88 Å². The quantitative estimate of drug-likeness (QED) is 0.695. The number of nitrogens with two attached hydrogens (primary N) is 1. The van der Waals surface area contributed by atoms with Crippen LogP contribution in [0.5, 0.6) is 0 Å². The first-order valence-electron chi connectivity index (χ1n) is 6.51. The summed E-state index contributed by atoms with van der Waals surface area (Å²) in [4.78, 5) is 26.2. The number of nitrogen functional groups attached to an aromatic ring is 1. The van der Waals surface area contributed by atoms with Crippen molar-refractivity contribution in [3.63, 3.8) is 0 Å². The van der Waals surface area contributed by atoms with Crippen LogP contribution in [0.15, 0.2) is 18.2 Å². The van der Waals surface area contributed by atoms with Crippen LogP contribution in [0.2, 0.25) is 0 Å². The molecule has 0 unspecified atom stereocenters. The van der Waals surface area contributed by atoms with E-state index in [2.05, 4.69) is 29.1 Å². The molecule has 0 spiro atoms. The van der Waals surface area contributed by atoms with Gasteiger partial charge in [0.2, 0.25) is 0 Å². The minimum absolute atomic E-state index is 0.473. The number of anilines is 1. The topological polar surface area (TPSA) is 141 Å². The average molecular weight is 336 g/mol. The molecule has 8 nitrogen and oxygen atoms in total. The predicted octanol–water partition coefficient (Wildman–Crippen LogP) is 1.03. The third kappa shape index (κ3) is 6.29. The van der Waals surface area contributed by atoms with E-state index in [4.69, 9.17) is 21.2 Å². The summed E-state index contributed by atoms with van der Waals surface area (Å²) in [7, 11) is 2.08. The van der Waals surface area contributed by atoms with Crippen LogP contribution in [0.1, 0.15) is 17.0 Å². The van der Waals surface area contributed by atoms with E-state index in [1.807, 2.05) is 0 Å². The number of hydrogen-bond acceptors (Lipinski definition) is 7. The first-order chi connectivity index (χ1) is 10.8. The second-order valence-electron chi connectivity index (χ2n) is 4.59. The van der Waals surface area contributed by atoms with Gasteiger partial charge in [0.25, 0.3) is 0 Å². The van der Waals surface area contributed by atoms with E-state index in [1.165, 1.54) is 11.3 Å². The summed E-state index contributed by atoms with van der Waals surface area (Å²) < 4.78 is 0. The molecule has 23 heavy (non-hydrogen) atoms. The Morgan fingerprint density at radius 1 is 1.43 bits per heavy atom. The molecule has 0 aromatic carbocycles. The lowest BCUT2D eigenvalue weighted by molar-refractivity contribution is -0.134. The van der Waals surface area contributed by atoms with Gasteiger partial charge in [-0.15, -0.1) is 0 Å². The Labute approximate surface area is 136 Å². The van der Waals surface area contributed by atoms with Gasteiger partial charge in [0.1, 0.15) is 10.9 Å². The molecule has 0 radical (unpaired) electrons. The Balaban J connectivity index is 0.000000284. The Morgan fingerprint density at radius 2 is 2.04 bits per heavy atom. The standard InChI is InChI=1S/C10H12N4S.C4H4O4/c1-14-4-2-7(3-5-14)9-8(6-11)15-10(12)13-9;5-3(6)1-2-4(7)8/h2H,3-5H2,1H3,(H2,12,13);1-2H,(H,5,6)(H,7,8). The van der Waals surface area contributed by atoms with Gasteiger partial charge in [-0.3, -0.25) is 0 Å². The summed E-state index contributed by atoms with van der Waals surface area (Å²) in [5, 5.41) is 25.0. The van der Waals surface area contributed by atoms with Crippen molar-refractivity contribution in [3.8, 4) is 6.07 Å². The molecular formula is C14H16N4O4S. The molecular weight excluding hydrogens is 320 g/mol. The smallest absolute Gasteiger partial charge is 0.328 e. The first kappa shape index (κ1) is 18.3. The van der Waals surface area contributed by atoms with Gasteiger partial charge in [0.05, 0.1) is 5.69 Å². The first-order valence-corrected chi connectivity index (χ1v) is 7.33. The Hall–Kier alpha value is -2.70. The molecule has 1 aromatic heterocycles. The molecule has 122 valence electrons. The number of hydrogen-bond donors (Lipinski definition) is 3. The summed E-state index contributed by atoms with van der Waals surface area (Å²) in [6, 6.07) is 2.15. The third-order valence-electron chi connectivity index (χ3n) is 2.83. The number of aromatic nitrogens is 1. The minimum Gasteiger partial charge on any atom is -0.478 e. The number of carboxylic acid groups (broad SMARTS) is 2. The number of rotatable bonds is 3. The molecule has 2 heterocycles. The SMILES string of the molecule is CN1CC=C(c2nc(N)sc2C#N)CC1.O=C(O)C=CC(=O)O. The highest BCUT2D eigenvalue weighted by Gasteiger charge is 2.16. The molecule has 1 aliphatic rings. The number of carbonyl (C=O) groups is 2. The minimum atomic E-state index is -1.26. The summed E-state index contributed by atoms with van der Waals surface area (Å²) in [6.45, 7) is 1.92. The van der Waals surface area contributed by atoms with Crippen LogP contribution in [0, 0.1) is 11.3 Å². The van der Waals surface area contributed by atoms with Gasteiger partial charge in [0.15, 0.2) is 5.13 Å². The molecule has 1 aromatic rings. The van der Waals surface area contributed by atoms with Crippen molar-refractivity contribution in [3.05, 3.63) is 28.8 Å². The molecule has 0 aliphatic carbocycles. The molecule has 0 bridgehead atoms. The Kier molecular flexibility index (Phi) is 6.92. The van der Waals surface area contributed by atoms with E-state index < -0.39 is 11.9 Å². The van der Waals surface area contributed by atoms with Crippen LogP contribution in [0.25, 0.3) is 5.57 Å². The highest BCUT2D eigenvalue weighted by atomic mass is 32.1. The number of thiazole rings is 1. The molecule has 0 saturated carbocycles. The van der Waals surface area contributed by atoms with E-state index in [9.17, 15) is 9.59 Å². The molecule has 0 fully saturated rings. The number of nitrogens with zero attached hydrogens (tertiary/aromatic N) is 3. The highest BCUT2D eigenvalue weighted by Crippen LogP contribution is 2.29. The molecule has 0 saturated heterocycles. The van der Waals surface area contributed by atoms with Crippen molar-refractivity contribution >= 4 is 34.0 Å². The maximum absolute atomic E-state index is 9.55. The summed E-state index contributed by atoms with van der Waals surface area (Å²) in [6.07, 6.45) is 4.18. The zero-order valence-corrected chi connectivity index (χ0v) is 13.2. The van der Waals surface area contributed by atoms with Crippen LogP contribution >= 0.6 is 11.3 Å². The van der Waals surface area contributed by atoms with Gasteiger partial charge in [0, 0.05) is 25.2 Å². The third-order valence-corrected chi connectivity index (χ3v) is 3.62. The summed E-state index contributed by atoms with van der Waals surface area (Å²) in [5.41, 5.74) is 7.54. The van der Waals surface area contributed by atoms with Crippen molar-refractivity contribution in [2.45, 2.75) is 6.42 Å². The van der Waals surface area contributed by atoms with Gasteiger partial charge < -0.3 is 20.8 Å². The van der Waals surface area contributed by atoms with Gasteiger partial charge in [-0.2, -0.15) is 5.26 Å². The lowest BCUT2D eigenvalue weighted by Gasteiger charge is -2.20. The fourth-order valence-corrected chi connectivity index (χ4v) is 2.42. The van der Waals surface area contributed by atoms with Crippen LogP contribution in [0.3, 0.4) is 0 Å². The van der Waals surface area contributed by atoms with E-state index in [1.54, 1.807) is 0 Å². The lowest BCUT2D eigenvalue weighted by Crippen LogP contribution is -2.23. The fourth-order valence-electron chi connectivity index (χ4n) is 1.76. The van der Waals surface area contributed by atoms with Gasteiger partial charge >= 0.3 is 11.9 Å². The van der Waals surface area contributed by atoms with Crippen molar-refractivity contribution in [2.75, 3.05) is 25.9 Å². The fraction of sp³-hybridized carbons (Fsp3) is 0.286. The van der Waals surface area contributed by atoms with Crippen LogP contribution < -0.4 is 5.73 Å². The van der Waals surface area contributed by atoms with Gasteiger partial charge in [-0.05, 0) is 19.0 Å². The maximum atomic E-state index is 9.55. The molecule has 0 amide bonds. The normalized spacial score (nSPS) is 14.5. The summed E-state index contributed by atoms with van der Waals surface area (Å²) in [5.74, 6) is -2.51. The monoisotopic (exact) mass is 336 g/mol. The Bertz CT molecular complexity index is 671. The number of nitriles is 1. The predicted molar refractivity (Wildman–Crippen MR) is 85.7 cm³/mol. The number of aliphatic carboxylic acids is 2. The van der Waals surface area contributed by atoms with Crippen LogP contribution in [-0.2, 0) is 9.59 Å². The summed E-state index contributed by atoms with van der Waals surface area (Å²) >= 11 is 1.26. The van der Waals surface area contributed by atoms with E-state index in [-0.39, 0.29) is 0 Å². The molecule has 0 atom stereocenters. The van der Waals surface area contributed by atoms with Gasteiger partial charge in [-0.1, -0.05) is 17.4 Å². The van der Waals surface area contributed by atoms with Crippen molar-refractivity contribution < 1.29 is 19.8 Å². The largest absolute Gasteiger partial charge is 0.478 e. The average Bonchev–Trinajstić information content (AvgIpc) is 2.87. The lowest BCUT2D eigenvalue weighted by atomic mass is 10.0. The van der Waals surface area contributed by atoms with Crippen molar-refractivity contribution in [2.24, 2.45) is 0 Å². The zero-order valence-electron chi connectivity index (χ0n) is 12.4. The van der Waals surface area contributed by atoms with Crippen molar-refractivity contribution in [1.29, 1.82) is 5.26 Å². The molecule has 4 N–H and O–H groups in total. The highest BCUT2D eigenvalue weighted by molar-refractivity contribution is 7.16.